The van der Waals surface area contributed by atoms with Gasteiger partial charge in [0, 0.05) is 30.1 Å². The third kappa shape index (κ3) is 5.23. The van der Waals surface area contributed by atoms with E-state index in [1.165, 1.54) is 19.2 Å². The van der Waals surface area contributed by atoms with Crippen molar-refractivity contribution < 1.29 is 23.2 Å². The number of fused-ring (bicyclic) bond motifs is 1. The number of furan rings is 1. The Morgan fingerprint density at radius 2 is 1.57 bits per heavy atom. The number of hydrogen-bond donors (Lipinski definition) is 3. The molecule has 4 aromatic rings. The van der Waals surface area contributed by atoms with Gasteiger partial charge in [-0.2, -0.15) is 0 Å². The lowest BCUT2D eigenvalue weighted by atomic mass is 9.98. The number of hydrogen-bond acceptors (Lipinski definition) is 4. The molecule has 0 spiro atoms. The summed E-state index contributed by atoms with van der Waals surface area (Å²) in [4.78, 5) is 38.1. The second-order valence-corrected chi connectivity index (χ2v) is 9.12. The lowest BCUT2D eigenvalue weighted by Crippen LogP contribution is -2.54. The summed E-state index contributed by atoms with van der Waals surface area (Å²) >= 11 is 0. The van der Waals surface area contributed by atoms with Crippen molar-refractivity contribution in [3.63, 3.8) is 0 Å². The summed E-state index contributed by atoms with van der Waals surface area (Å²) in [6.07, 6.45) is 0. The van der Waals surface area contributed by atoms with Crippen LogP contribution in [-0.4, -0.2) is 36.9 Å². The van der Waals surface area contributed by atoms with E-state index in [1.807, 2.05) is 25.1 Å². The molecule has 0 atom stereocenters. The molecule has 7 nitrogen and oxygen atoms in total. The first-order chi connectivity index (χ1) is 17.6. The minimum Gasteiger partial charge on any atom is -0.455 e. The Morgan fingerprint density at radius 3 is 2.24 bits per heavy atom. The summed E-state index contributed by atoms with van der Waals surface area (Å²) in [6.45, 7) is 5.57. The summed E-state index contributed by atoms with van der Waals surface area (Å²) in [6, 6.07) is 18.2. The Balaban J connectivity index is 1.73. The van der Waals surface area contributed by atoms with E-state index in [-0.39, 0.29) is 23.5 Å². The van der Waals surface area contributed by atoms with Crippen LogP contribution in [0.25, 0.3) is 33.4 Å². The minimum atomic E-state index is -1.09. The van der Waals surface area contributed by atoms with Gasteiger partial charge in [0.2, 0.25) is 5.91 Å². The van der Waals surface area contributed by atoms with E-state index in [2.05, 4.69) is 16.0 Å². The van der Waals surface area contributed by atoms with Crippen LogP contribution in [0.5, 0.6) is 0 Å². The number of rotatable bonds is 7. The molecule has 0 fully saturated rings. The molecule has 0 radical (unpaired) electrons. The Labute approximate surface area is 214 Å². The number of carbonyl (C=O) groups is 3. The van der Waals surface area contributed by atoms with Crippen molar-refractivity contribution >= 4 is 28.7 Å². The van der Waals surface area contributed by atoms with Crippen molar-refractivity contribution in [2.75, 3.05) is 13.6 Å². The highest BCUT2D eigenvalue weighted by Gasteiger charge is 2.29. The summed E-state index contributed by atoms with van der Waals surface area (Å²) < 4.78 is 19.5. The molecule has 0 saturated heterocycles. The fourth-order valence-corrected chi connectivity index (χ4v) is 4.07. The van der Waals surface area contributed by atoms with Crippen molar-refractivity contribution in [3.8, 4) is 22.5 Å². The van der Waals surface area contributed by atoms with Crippen LogP contribution >= 0.6 is 0 Å². The van der Waals surface area contributed by atoms with E-state index >= 15 is 0 Å². The monoisotopic (exact) mass is 501 g/mol. The van der Waals surface area contributed by atoms with Crippen LogP contribution in [0.1, 0.15) is 41.5 Å². The van der Waals surface area contributed by atoms with Crippen LogP contribution in [0.4, 0.5) is 4.39 Å². The molecule has 0 saturated carbocycles. The molecule has 0 aliphatic carbocycles. The van der Waals surface area contributed by atoms with E-state index in [0.717, 1.165) is 11.1 Å². The molecule has 0 aliphatic heterocycles. The van der Waals surface area contributed by atoms with Gasteiger partial charge in [0.15, 0.2) is 0 Å². The number of halogens is 1. The maximum absolute atomic E-state index is 13.5. The fourth-order valence-electron chi connectivity index (χ4n) is 4.07. The zero-order chi connectivity index (χ0) is 26.7. The van der Waals surface area contributed by atoms with Crippen LogP contribution in [0.3, 0.4) is 0 Å². The van der Waals surface area contributed by atoms with Gasteiger partial charge in [0.1, 0.15) is 22.7 Å². The van der Waals surface area contributed by atoms with Crippen LogP contribution in [0.2, 0.25) is 0 Å². The average Bonchev–Trinajstić information content (AvgIpc) is 3.27. The molecule has 4 rings (SSSR count). The first kappa shape index (κ1) is 25.6. The summed E-state index contributed by atoms with van der Waals surface area (Å²) in [7, 11) is 1.53. The first-order valence-corrected chi connectivity index (χ1v) is 11.9. The highest BCUT2D eigenvalue weighted by atomic mass is 19.1. The number of likely N-dealkylation sites (N-methyl/N-ethyl adjacent to an activating group) is 1. The lowest BCUT2D eigenvalue weighted by molar-refractivity contribution is -0.126. The van der Waals surface area contributed by atoms with Gasteiger partial charge in [-0.1, -0.05) is 18.2 Å². The zero-order valence-corrected chi connectivity index (χ0v) is 21.1. The van der Waals surface area contributed by atoms with Gasteiger partial charge >= 0.3 is 0 Å². The quantitative estimate of drug-likeness (QED) is 0.335. The Kier molecular flexibility index (Phi) is 7.11. The number of amides is 3. The second-order valence-electron chi connectivity index (χ2n) is 9.12. The third-order valence-corrected chi connectivity index (χ3v) is 6.04. The molecule has 3 aromatic carbocycles. The molecule has 190 valence electrons. The van der Waals surface area contributed by atoms with Crippen LogP contribution in [-0.2, 0) is 4.79 Å². The Bertz CT molecular complexity index is 1490. The van der Waals surface area contributed by atoms with E-state index in [0.29, 0.717) is 40.0 Å². The molecule has 37 heavy (non-hydrogen) atoms. The number of carbonyl (C=O) groups excluding carboxylic acids is 3. The average molecular weight is 502 g/mol. The highest BCUT2D eigenvalue weighted by Crippen LogP contribution is 2.36. The smallest absolute Gasteiger partial charge is 0.255 e. The van der Waals surface area contributed by atoms with Gasteiger partial charge in [-0.05, 0) is 80.4 Å². The number of nitrogens with one attached hydrogen (secondary N) is 3. The summed E-state index contributed by atoms with van der Waals surface area (Å²) in [5, 5.41) is 8.73. The van der Waals surface area contributed by atoms with Gasteiger partial charge in [-0.25, -0.2) is 4.39 Å². The van der Waals surface area contributed by atoms with E-state index in [9.17, 15) is 18.8 Å². The molecular weight excluding hydrogens is 473 g/mol. The molecule has 1 aromatic heterocycles. The van der Waals surface area contributed by atoms with Crippen molar-refractivity contribution in [1.82, 2.24) is 16.0 Å². The SMILES string of the molecule is CCNC(=O)C(C)(C)NC(=O)c1cccc(-c2ccc3oc(-c4ccc(F)cc4)c(C(=O)NC)c3c2)c1. The molecule has 0 unspecified atom stereocenters. The maximum Gasteiger partial charge on any atom is 0.255 e. The van der Waals surface area contributed by atoms with Gasteiger partial charge in [0.05, 0.1) is 5.56 Å². The number of benzene rings is 3. The molecule has 3 N–H and O–H groups in total. The topological polar surface area (TPSA) is 100 Å². The standard InChI is InChI=1S/C29H28FN3O4/c1-5-32-28(36)29(2,3)33-26(34)20-8-6-7-18(15-20)19-11-14-23-22(16-19)24(27(35)31-4)25(37-23)17-9-12-21(30)13-10-17/h6-16H,5H2,1-4H3,(H,31,35)(H,32,36)(H,33,34). The fraction of sp³-hybridized carbons (Fsp3) is 0.207. The van der Waals surface area contributed by atoms with Crippen molar-refractivity contribution in [3.05, 3.63) is 83.7 Å². The van der Waals surface area contributed by atoms with Gasteiger partial charge in [-0.3, -0.25) is 14.4 Å². The zero-order valence-electron chi connectivity index (χ0n) is 21.1. The van der Waals surface area contributed by atoms with Crippen molar-refractivity contribution in [2.24, 2.45) is 0 Å². The molecule has 0 bridgehead atoms. The van der Waals surface area contributed by atoms with Crippen LogP contribution < -0.4 is 16.0 Å². The van der Waals surface area contributed by atoms with Crippen molar-refractivity contribution in [2.45, 2.75) is 26.3 Å². The second kappa shape index (κ2) is 10.3. The van der Waals surface area contributed by atoms with E-state index in [1.54, 1.807) is 50.2 Å². The lowest BCUT2D eigenvalue weighted by Gasteiger charge is -2.25. The van der Waals surface area contributed by atoms with Crippen LogP contribution in [0, 0.1) is 5.82 Å². The minimum absolute atomic E-state index is 0.274. The molecule has 3 amide bonds. The third-order valence-electron chi connectivity index (χ3n) is 6.04. The normalized spacial score (nSPS) is 11.3. The first-order valence-electron chi connectivity index (χ1n) is 11.9. The van der Waals surface area contributed by atoms with E-state index < -0.39 is 5.54 Å². The highest BCUT2D eigenvalue weighted by molar-refractivity contribution is 6.12. The Hall–Kier alpha value is -4.46. The van der Waals surface area contributed by atoms with Crippen LogP contribution in [0.15, 0.2) is 71.1 Å². The van der Waals surface area contributed by atoms with Crippen molar-refractivity contribution in [1.29, 1.82) is 0 Å². The summed E-state index contributed by atoms with van der Waals surface area (Å²) in [5.74, 6) is -1.04. The maximum atomic E-state index is 13.5. The molecule has 0 aliphatic rings. The largest absolute Gasteiger partial charge is 0.455 e. The molecule has 8 heteroatoms. The molecule has 1 heterocycles. The predicted octanol–water partition coefficient (Wildman–Crippen LogP) is 4.91. The van der Waals surface area contributed by atoms with Gasteiger partial charge in [-0.15, -0.1) is 0 Å². The van der Waals surface area contributed by atoms with E-state index in [4.69, 9.17) is 4.42 Å². The predicted molar refractivity (Wildman–Crippen MR) is 141 cm³/mol. The molecular formula is C29H28FN3O4. The van der Waals surface area contributed by atoms with Gasteiger partial charge in [0.25, 0.3) is 11.8 Å². The van der Waals surface area contributed by atoms with Gasteiger partial charge < -0.3 is 20.4 Å². The summed E-state index contributed by atoms with van der Waals surface area (Å²) in [5.41, 5.74) is 2.23. The Morgan fingerprint density at radius 1 is 0.892 bits per heavy atom.